The summed E-state index contributed by atoms with van der Waals surface area (Å²) in [6, 6.07) is 0. The van der Waals surface area contributed by atoms with Gasteiger partial charge in [0.15, 0.2) is 0 Å². The quantitative estimate of drug-likeness (QED) is 0.685. The molecule has 0 bridgehead atoms. The van der Waals surface area contributed by atoms with Crippen LogP contribution in [0.4, 0.5) is 4.79 Å². The molecule has 14 heavy (non-hydrogen) atoms. The molecule has 5 nitrogen and oxygen atoms in total. The Balaban J connectivity index is 4.53. The average molecular weight is 201 g/mol. The molecule has 0 atom stereocenters. The Hall–Kier alpha value is -1.26. The van der Waals surface area contributed by atoms with Crippen LogP contribution in [0.25, 0.3) is 0 Å². The minimum absolute atomic E-state index is 0.235. The molecular formula is C9H17N2O3. The Kier molecular flexibility index (Phi) is 3.92. The molecule has 0 spiro atoms. The first kappa shape index (κ1) is 12.7. The van der Waals surface area contributed by atoms with Crippen molar-refractivity contribution in [3.8, 4) is 0 Å². The highest BCUT2D eigenvalue weighted by molar-refractivity contribution is 5.87. The predicted molar refractivity (Wildman–Crippen MR) is 51.6 cm³/mol. The minimum atomic E-state index is -1.15. The smallest absolute Gasteiger partial charge is 0.410 e. The van der Waals surface area contributed by atoms with Crippen LogP contribution in [-0.4, -0.2) is 35.6 Å². The summed E-state index contributed by atoms with van der Waals surface area (Å²) in [6.07, 6.45) is -0.827. The SMILES string of the molecule is CC(C)OC(=O)N(C)C(C)(C)C([NH])=O. The average Bonchev–Trinajstić information content (AvgIpc) is 2.01. The monoisotopic (exact) mass is 201 g/mol. The molecule has 0 aromatic carbocycles. The highest BCUT2D eigenvalue weighted by Crippen LogP contribution is 2.13. The lowest BCUT2D eigenvalue weighted by molar-refractivity contribution is -0.127. The predicted octanol–water partition coefficient (Wildman–Crippen LogP) is 1.05. The first-order valence-corrected chi connectivity index (χ1v) is 4.40. The van der Waals surface area contributed by atoms with Crippen molar-refractivity contribution in [2.45, 2.75) is 39.3 Å². The maximum absolute atomic E-state index is 11.4. The third-order valence-corrected chi connectivity index (χ3v) is 2.00. The van der Waals surface area contributed by atoms with E-state index >= 15 is 0 Å². The molecule has 0 heterocycles. The zero-order valence-corrected chi connectivity index (χ0v) is 9.25. The van der Waals surface area contributed by atoms with Crippen LogP contribution in [0.5, 0.6) is 0 Å². The standard InChI is InChI=1S/C9H17N2O3/c1-6(2)14-8(13)11(5)9(3,4)7(10)12/h6,10H,1-5H3. The number of hydrogen-bond acceptors (Lipinski definition) is 3. The number of nitrogens with zero attached hydrogens (tertiary/aromatic N) is 1. The third-order valence-electron chi connectivity index (χ3n) is 2.00. The van der Waals surface area contributed by atoms with Gasteiger partial charge in [0.25, 0.3) is 5.91 Å². The molecule has 0 aliphatic rings. The first-order valence-electron chi connectivity index (χ1n) is 4.40. The molecule has 0 rings (SSSR count). The highest BCUT2D eigenvalue weighted by Gasteiger charge is 2.35. The number of amides is 2. The molecule has 0 aliphatic heterocycles. The van der Waals surface area contributed by atoms with Crippen LogP contribution in [-0.2, 0) is 9.53 Å². The van der Waals surface area contributed by atoms with Crippen LogP contribution in [0.15, 0.2) is 0 Å². The van der Waals surface area contributed by atoms with Crippen LogP contribution in [0.1, 0.15) is 27.7 Å². The van der Waals surface area contributed by atoms with Crippen LogP contribution in [0.3, 0.4) is 0 Å². The lowest BCUT2D eigenvalue weighted by Crippen LogP contribution is -2.51. The Labute approximate surface area is 84.2 Å². The number of hydrogen-bond donors (Lipinski definition) is 0. The molecule has 0 saturated carbocycles. The van der Waals surface area contributed by atoms with Gasteiger partial charge in [-0.05, 0) is 27.7 Å². The maximum atomic E-state index is 11.4. The van der Waals surface area contributed by atoms with Gasteiger partial charge >= 0.3 is 6.09 Å². The van der Waals surface area contributed by atoms with Gasteiger partial charge in [0.2, 0.25) is 0 Å². The van der Waals surface area contributed by atoms with E-state index < -0.39 is 17.5 Å². The molecule has 0 aromatic heterocycles. The summed E-state index contributed by atoms with van der Waals surface area (Å²) in [6.45, 7) is 6.45. The molecular weight excluding hydrogens is 184 g/mol. The molecule has 5 heteroatoms. The number of carbonyl (C=O) groups excluding carboxylic acids is 2. The summed E-state index contributed by atoms with van der Waals surface area (Å²) < 4.78 is 4.90. The van der Waals surface area contributed by atoms with Gasteiger partial charge in [-0.25, -0.2) is 4.79 Å². The van der Waals surface area contributed by atoms with E-state index in [9.17, 15) is 9.59 Å². The Morgan fingerprint density at radius 1 is 1.36 bits per heavy atom. The van der Waals surface area contributed by atoms with Crippen molar-refractivity contribution in [3.63, 3.8) is 0 Å². The summed E-state index contributed by atoms with van der Waals surface area (Å²) in [4.78, 5) is 23.4. The number of nitrogens with one attached hydrogen (secondary N) is 1. The van der Waals surface area contributed by atoms with Crippen molar-refractivity contribution < 1.29 is 14.3 Å². The molecule has 1 radical (unpaired) electrons. The van der Waals surface area contributed by atoms with Gasteiger partial charge in [0, 0.05) is 7.05 Å². The summed E-state index contributed by atoms with van der Waals surface area (Å²) in [5.74, 6) is -0.819. The number of ether oxygens (including phenoxy) is 1. The van der Waals surface area contributed by atoms with Crippen molar-refractivity contribution in [3.05, 3.63) is 0 Å². The normalized spacial score (nSPS) is 11.3. The second-order valence-electron chi connectivity index (χ2n) is 3.88. The molecule has 0 unspecified atom stereocenters. The fraction of sp³-hybridized carbons (Fsp3) is 0.778. The van der Waals surface area contributed by atoms with Crippen molar-refractivity contribution in [2.75, 3.05) is 7.05 Å². The Morgan fingerprint density at radius 2 is 1.79 bits per heavy atom. The number of carbonyl (C=O) groups is 2. The van der Waals surface area contributed by atoms with E-state index in [2.05, 4.69) is 0 Å². The fourth-order valence-electron chi connectivity index (χ4n) is 0.661. The number of likely N-dealkylation sites (N-methyl/N-ethyl adjacent to an activating group) is 1. The molecule has 0 aliphatic carbocycles. The van der Waals surface area contributed by atoms with Crippen molar-refractivity contribution >= 4 is 12.0 Å². The van der Waals surface area contributed by atoms with Crippen molar-refractivity contribution in [2.24, 2.45) is 0 Å². The van der Waals surface area contributed by atoms with E-state index in [0.29, 0.717) is 0 Å². The second-order valence-corrected chi connectivity index (χ2v) is 3.88. The molecule has 0 fully saturated rings. The van der Waals surface area contributed by atoms with Crippen molar-refractivity contribution in [1.82, 2.24) is 10.6 Å². The van der Waals surface area contributed by atoms with E-state index in [4.69, 9.17) is 10.5 Å². The fourth-order valence-corrected chi connectivity index (χ4v) is 0.661. The molecule has 2 amide bonds. The zero-order chi connectivity index (χ0) is 11.5. The molecule has 0 saturated heterocycles. The van der Waals surface area contributed by atoms with Gasteiger partial charge < -0.3 is 4.74 Å². The summed E-state index contributed by atoms with van der Waals surface area (Å²) in [5, 5.41) is 0. The van der Waals surface area contributed by atoms with Crippen LogP contribution in [0, 0.1) is 0 Å². The van der Waals surface area contributed by atoms with E-state index in [1.807, 2.05) is 0 Å². The van der Waals surface area contributed by atoms with Gasteiger partial charge in [-0.2, -0.15) is 0 Å². The summed E-state index contributed by atoms with van der Waals surface area (Å²) in [5.41, 5.74) is 5.85. The summed E-state index contributed by atoms with van der Waals surface area (Å²) >= 11 is 0. The first-order chi connectivity index (χ1) is 6.19. The van der Waals surface area contributed by atoms with Gasteiger partial charge in [-0.1, -0.05) is 0 Å². The van der Waals surface area contributed by atoms with E-state index in [0.717, 1.165) is 4.90 Å². The lowest BCUT2D eigenvalue weighted by Gasteiger charge is -2.31. The molecule has 81 valence electrons. The molecule has 0 aromatic rings. The Bertz CT molecular complexity index is 236. The minimum Gasteiger partial charge on any atom is -0.447 e. The maximum Gasteiger partial charge on any atom is 0.410 e. The molecule has 1 N–H and O–H groups in total. The number of rotatable bonds is 3. The topological polar surface area (TPSA) is 70.4 Å². The zero-order valence-electron chi connectivity index (χ0n) is 9.25. The third kappa shape index (κ3) is 2.90. The van der Waals surface area contributed by atoms with Gasteiger partial charge in [-0.15, -0.1) is 0 Å². The van der Waals surface area contributed by atoms with Crippen molar-refractivity contribution in [1.29, 1.82) is 0 Å². The highest BCUT2D eigenvalue weighted by atomic mass is 16.6. The van der Waals surface area contributed by atoms with E-state index in [-0.39, 0.29) is 6.10 Å². The van der Waals surface area contributed by atoms with Crippen LogP contribution in [0.2, 0.25) is 0 Å². The van der Waals surface area contributed by atoms with Gasteiger partial charge in [0.1, 0.15) is 5.54 Å². The van der Waals surface area contributed by atoms with Gasteiger partial charge in [-0.3, -0.25) is 15.4 Å². The largest absolute Gasteiger partial charge is 0.447 e. The van der Waals surface area contributed by atoms with Gasteiger partial charge in [0.05, 0.1) is 6.10 Å². The van der Waals surface area contributed by atoms with Crippen LogP contribution < -0.4 is 5.73 Å². The van der Waals surface area contributed by atoms with Crippen LogP contribution >= 0.6 is 0 Å². The lowest BCUT2D eigenvalue weighted by atomic mass is 10.0. The Morgan fingerprint density at radius 3 is 2.07 bits per heavy atom. The van der Waals surface area contributed by atoms with E-state index in [1.54, 1.807) is 13.8 Å². The summed E-state index contributed by atoms with van der Waals surface area (Å²) in [7, 11) is 1.44. The second kappa shape index (κ2) is 4.30. The van der Waals surface area contributed by atoms with E-state index in [1.165, 1.54) is 20.9 Å².